The summed E-state index contributed by atoms with van der Waals surface area (Å²) < 4.78 is 23.5. The van der Waals surface area contributed by atoms with Crippen molar-refractivity contribution in [1.29, 1.82) is 0 Å². The lowest BCUT2D eigenvalue weighted by Crippen LogP contribution is -2.45. The summed E-state index contributed by atoms with van der Waals surface area (Å²) in [7, 11) is 1.48. The van der Waals surface area contributed by atoms with E-state index in [1.807, 2.05) is 27.2 Å². The van der Waals surface area contributed by atoms with Crippen LogP contribution in [0.4, 0.5) is 0 Å². The molecule has 0 aliphatic heterocycles. The van der Waals surface area contributed by atoms with E-state index in [2.05, 4.69) is 165 Å². The first kappa shape index (κ1) is 63.1. The van der Waals surface area contributed by atoms with Crippen LogP contribution in [0.5, 0.6) is 0 Å². The molecule has 67 heavy (non-hydrogen) atoms. The first-order valence-corrected chi connectivity index (χ1v) is 26.9. The first-order valence-electron chi connectivity index (χ1n) is 25.4. The standard InChI is InChI=1S/C58H93N2O6P/c1-6-8-10-12-14-16-18-20-21-22-23-24-25-26-27-28-29-30-31-32-33-34-35-36-37-38-39-40-42-44-46-48-50-52-58(62)59-56(55-66-67(63,64)65-54-53-60(3,4)5)57(61)51-49-47-45-43-41-19-17-15-13-11-9-7-2/h8,10,13-16,20-21,23-24,26-27,29-30,32-33,35-36,38-39,41-44,49,51,56-57,61H,6-7,9,11-12,17-19,22,25,28,31,34,37,40,45-48,50,52-55H2,1-5H3,(H-,59,62,63,64)/p+1/b10-8-,15-13+,16-14-,21-20-,24-23-,27-26-,30-29-,33-32-,36-35-,39-38-,43-41+,44-42-,51-49+. The lowest BCUT2D eigenvalue weighted by Gasteiger charge is -2.25. The van der Waals surface area contributed by atoms with E-state index >= 15 is 0 Å². The zero-order valence-electron chi connectivity index (χ0n) is 42.6. The predicted octanol–water partition coefficient (Wildman–Crippen LogP) is 15.1. The van der Waals surface area contributed by atoms with Crippen molar-refractivity contribution >= 4 is 13.7 Å². The molecule has 0 fully saturated rings. The van der Waals surface area contributed by atoms with Crippen LogP contribution in [0, 0.1) is 0 Å². The topological polar surface area (TPSA) is 105 Å². The average molecular weight is 946 g/mol. The van der Waals surface area contributed by atoms with Gasteiger partial charge in [0, 0.05) is 6.42 Å². The van der Waals surface area contributed by atoms with E-state index in [0.717, 1.165) is 109 Å². The first-order chi connectivity index (χ1) is 32.5. The highest BCUT2D eigenvalue weighted by Gasteiger charge is 2.27. The number of rotatable bonds is 43. The van der Waals surface area contributed by atoms with Gasteiger partial charge in [0.05, 0.1) is 39.9 Å². The smallest absolute Gasteiger partial charge is 0.387 e. The number of quaternary nitrogens is 1. The van der Waals surface area contributed by atoms with E-state index in [1.165, 1.54) is 12.8 Å². The van der Waals surface area contributed by atoms with Gasteiger partial charge in [0.25, 0.3) is 0 Å². The Labute approximate surface area is 410 Å². The van der Waals surface area contributed by atoms with Crippen LogP contribution < -0.4 is 5.32 Å². The van der Waals surface area contributed by atoms with Crippen molar-refractivity contribution in [2.24, 2.45) is 0 Å². The molecule has 3 unspecified atom stereocenters. The highest BCUT2D eigenvalue weighted by Crippen LogP contribution is 2.43. The van der Waals surface area contributed by atoms with Crippen molar-refractivity contribution in [1.82, 2.24) is 5.32 Å². The molecular formula is C58H94N2O6P+. The minimum atomic E-state index is -4.38. The van der Waals surface area contributed by atoms with Crippen molar-refractivity contribution in [3.05, 3.63) is 158 Å². The minimum Gasteiger partial charge on any atom is -0.387 e. The number of unbranched alkanes of at least 4 members (excludes halogenated alkanes) is 6. The number of likely N-dealkylation sites (N-methyl/N-ethyl adjacent to an activating group) is 1. The molecular weight excluding hydrogens is 852 g/mol. The second kappa shape index (κ2) is 47.2. The van der Waals surface area contributed by atoms with Gasteiger partial charge < -0.3 is 19.8 Å². The van der Waals surface area contributed by atoms with Crippen LogP contribution in [0.15, 0.2) is 158 Å². The number of nitrogens with one attached hydrogen (secondary N) is 1. The van der Waals surface area contributed by atoms with Gasteiger partial charge in [-0.1, -0.05) is 185 Å². The van der Waals surface area contributed by atoms with Crippen molar-refractivity contribution in [2.75, 3.05) is 40.9 Å². The third-order valence-corrected chi connectivity index (χ3v) is 10.9. The lowest BCUT2D eigenvalue weighted by atomic mass is 10.1. The van der Waals surface area contributed by atoms with E-state index in [4.69, 9.17) is 9.05 Å². The van der Waals surface area contributed by atoms with Crippen molar-refractivity contribution in [3.63, 3.8) is 0 Å². The fraction of sp³-hybridized carbons (Fsp3) is 0.534. The van der Waals surface area contributed by atoms with Crippen LogP contribution in [0.1, 0.15) is 149 Å². The van der Waals surface area contributed by atoms with Crippen LogP contribution >= 0.6 is 7.82 Å². The number of carbonyl (C=O) groups excluding carboxylic acids is 1. The number of phosphoric ester groups is 1. The molecule has 0 bridgehead atoms. The molecule has 0 saturated heterocycles. The number of aliphatic hydroxyl groups is 1. The quantitative estimate of drug-likeness (QED) is 0.0243. The van der Waals surface area contributed by atoms with Crippen LogP contribution in [0.2, 0.25) is 0 Å². The van der Waals surface area contributed by atoms with Crippen molar-refractivity contribution in [2.45, 2.75) is 161 Å². The molecule has 1 amide bonds. The molecule has 0 aromatic heterocycles. The average Bonchev–Trinajstić information content (AvgIpc) is 3.29. The van der Waals surface area contributed by atoms with E-state index in [9.17, 15) is 19.4 Å². The maximum absolute atomic E-state index is 12.9. The molecule has 0 heterocycles. The summed E-state index contributed by atoms with van der Waals surface area (Å²) in [6, 6.07) is -0.904. The Bertz CT molecular complexity index is 1640. The zero-order valence-corrected chi connectivity index (χ0v) is 43.5. The summed E-state index contributed by atoms with van der Waals surface area (Å²) in [4.78, 5) is 23.1. The molecule has 8 nitrogen and oxygen atoms in total. The number of nitrogens with zero attached hydrogens (tertiary/aromatic N) is 1. The van der Waals surface area contributed by atoms with Gasteiger partial charge in [-0.3, -0.25) is 13.8 Å². The van der Waals surface area contributed by atoms with Gasteiger partial charge >= 0.3 is 7.82 Å². The SMILES string of the molecule is CC/C=C\C/C=C\C/C=C\C/C=C\C/C=C\C/C=C\C/C=C\C/C=C\C/C=C\C/C=C\CCCCC(=O)NC(COP(=O)(O)OCC[N+](C)(C)C)C(O)/C=C/CC/C=C/CC/C=C/CCCC. The minimum absolute atomic E-state index is 0.0350. The van der Waals surface area contributed by atoms with Gasteiger partial charge in [-0.15, -0.1) is 0 Å². The predicted molar refractivity (Wildman–Crippen MR) is 290 cm³/mol. The Morgan fingerprint density at radius 1 is 0.522 bits per heavy atom. The Morgan fingerprint density at radius 2 is 0.896 bits per heavy atom. The number of carbonyl (C=O) groups is 1. The van der Waals surface area contributed by atoms with Gasteiger partial charge in [0.15, 0.2) is 0 Å². The number of hydrogen-bond acceptors (Lipinski definition) is 5. The summed E-state index contributed by atoms with van der Waals surface area (Å²) in [5, 5.41) is 13.8. The van der Waals surface area contributed by atoms with Crippen molar-refractivity contribution < 1.29 is 32.9 Å². The molecule has 0 aromatic rings. The third kappa shape index (κ3) is 49.8. The largest absolute Gasteiger partial charge is 0.472 e. The highest BCUT2D eigenvalue weighted by molar-refractivity contribution is 7.47. The molecule has 0 saturated carbocycles. The highest BCUT2D eigenvalue weighted by atomic mass is 31.2. The second-order valence-electron chi connectivity index (χ2n) is 17.4. The monoisotopic (exact) mass is 946 g/mol. The maximum Gasteiger partial charge on any atom is 0.472 e. The molecule has 376 valence electrons. The van der Waals surface area contributed by atoms with Crippen LogP contribution in [-0.2, 0) is 18.4 Å². The number of aliphatic hydroxyl groups excluding tert-OH is 1. The Hall–Kier alpha value is -3.88. The number of allylic oxidation sites excluding steroid dienone is 25. The molecule has 0 aliphatic carbocycles. The number of hydrogen-bond donors (Lipinski definition) is 3. The fourth-order valence-corrected chi connectivity index (χ4v) is 6.70. The summed E-state index contributed by atoms with van der Waals surface area (Å²) in [5.74, 6) is -0.244. The molecule has 0 spiro atoms. The van der Waals surface area contributed by atoms with E-state index in [1.54, 1.807) is 6.08 Å². The maximum atomic E-state index is 12.9. The fourth-order valence-electron chi connectivity index (χ4n) is 5.97. The van der Waals surface area contributed by atoms with Gasteiger partial charge in [0.2, 0.25) is 5.91 Å². The van der Waals surface area contributed by atoms with Crippen molar-refractivity contribution in [3.8, 4) is 0 Å². The molecule has 9 heteroatoms. The van der Waals surface area contributed by atoms with Crippen LogP contribution in [0.3, 0.4) is 0 Å². The van der Waals surface area contributed by atoms with E-state index < -0.39 is 20.0 Å². The zero-order chi connectivity index (χ0) is 49.2. The summed E-state index contributed by atoms with van der Waals surface area (Å²) in [6.07, 6.45) is 74.9. The van der Waals surface area contributed by atoms with Gasteiger partial charge in [0.1, 0.15) is 13.2 Å². The number of phosphoric acid groups is 1. The summed E-state index contributed by atoms with van der Waals surface area (Å²) >= 11 is 0. The Morgan fingerprint density at radius 3 is 1.31 bits per heavy atom. The number of amides is 1. The molecule has 3 atom stereocenters. The summed E-state index contributed by atoms with van der Waals surface area (Å²) in [5.41, 5.74) is 0. The molecule has 0 rings (SSSR count). The Balaban J connectivity index is 4.38. The summed E-state index contributed by atoms with van der Waals surface area (Å²) in [6.45, 7) is 4.54. The lowest BCUT2D eigenvalue weighted by molar-refractivity contribution is -0.870. The molecule has 0 aromatic carbocycles. The van der Waals surface area contributed by atoms with Gasteiger partial charge in [-0.25, -0.2) is 4.57 Å². The molecule has 0 radical (unpaired) electrons. The van der Waals surface area contributed by atoms with E-state index in [0.29, 0.717) is 17.4 Å². The molecule has 0 aliphatic rings. The van der Waals surface area contributed by atoms with Gasteiger partial charge in [-0.05, 0) is 116 Å². The molecule has 3 N–H and O–H groups in total. The second-order valence-corrected chi connectivity index (χ2v) is 18.9. The van der Waals surface area contributed by atoms with E-state index in [-0.39, 0.29) is 25.5 Å². The Kier molecular flexibility index (Phi) is 44.5. The van der Waals surface area contributed by atoms with Gasteiger partial charge in [-0.2, -0.15) is 0 Å². The third-order valence-electron chi connectivity index (χ3n) is 9.96. The van der Waals surface area contributed by atoms with Crippen LogP contribution in [0.25, 0.3) is 0 Å². The van der Waals surface area contributed by atoms with Crippen LogP contribution in [-0.4, -0.2) is 73.4 Å². The normalized spacial score (nSPS) is 15.4.